The Balaban J connectivity index is 1.80. The highest BCUT2D eigenvalue weighted by Crippen LogP contribution is 2.28. The highest BCUT2D eigenvalue weighted by molar-refractivity contribution is 5.79. The molecule has 2 rings (SSSR count). The fraction of sp³-hybridized carbons (Fsp3) is 0.696. The van der Waals surface area contributed by atoms with E-state index in [0.29, 0.717) is 12.5 Å². The summed E-state index contributed by atoms with van der Waals surface area (Å²) in [6.07, 6.45) is 3.20. The molecule has 7 heteroatoms. The van der Waals surface area contributed by atoms with Gasteiger partial charge in [-0.05, 0) is 52.3 Å². The highest BCUT2D eigenvalue weighted by Gasteiger charge is 2.18. The first-order valence-corrected chi connectivity index (χ1v) is 11.1. The largest absolute Gasteiger partial charge is 0.496 e. The average Bonchev–Trinajstić information content (AvgIpc) is 2.77. The Morgan fingerprint density at radius 2 is 2.00 bits per heavy atom. The van der Waals surface area contributed by atoms with Gasteiger partial charge in [-0.3, -0.25) is 4.99 Å². The third kappa shape index (κ3) is 8.50. The Morgan fingerprint density at radius 1 is 1.23 bits per heavy atom. The van der Waals surface area contributed by atoms with E-state index in [1.165, 1.54) is 0 Å². The number of guanidine groups is 1. The maximum absolute atomic E-state index is 5.85. The van der Waals surface area contributed by atoms with Gasteiger partial charge in [0.15, 0.2) is 5.96 Å². The van der Waals surface area contributed by atoms with Gasteiger partial charge >= 0.3 is 0 Å². The summed E-state index contributed by atoms with van der Waals surface area (Å²) in [5, 5.41) is 6.76. The van der Waals surface area contributed by atoms with E-state index in [2.05, 4.69) is 42.6 Å². The van der Waals surface area contributed by atoms with E-state index in [1.54, 1.807) is 7.11 Å². The van der Waals surface area contributed by atoms with Crippen LogP contribution in [0.3, 0.4) is 0 Å². The summed E-state index contributed by atoms with van der Waals surface area (Å²) >= 11 is 0. The quantitative estimate of drug-likeness (QED) is 0.308. The molecule has 0 spiro atoms. The second-order valence-electron chi connectivity index (χ2n) is 7.85. The Kier molecular flexibility index (Phi) is 11.6. The monoisotopic (exact) mass is 420 g/mol. The zero-order chi connectivity index (χ0) is 21.6. The van der Waals surface area contributed by atoms with Crippen LogP contribution < -0.4 is 15.4 Å². The molecular formula is C23H40N4O3. The second kappa shape index (κ2) is 14.2. The van der Waals surface area contributed by atoms with Crippen molar-refractivity contribution in [1.29, 1.82) is 0 Å². The normalized spacial score (nSPS) is 16.5. The molecule has 0 aliphatic carbocycles. The molecule has 1 saturated heterocycles. The van der Waals surface area contributed by atoms with Crippen molar-refractivity contribution >= 4 is 5.96 Å². The maximum atomic E-state index is 5.85. The summed E-state index contributed by atoms with van der Waals surface area (Å²) in [6.45, 7) is 7.75. The molecule has 7 nitrogen and oxygen atoms in total. The molecular weight excluding hydrogens is 380 g/mol. The van der Waals surface area contributed by atoms with Gasteiger partial charge in [-0.25, -0.2) is 0 Å². The van der Waals surface area contributed by atoms with Crippen LogP contribution in [-0.4, -0.2) is 78.1 Å². The number of hydrogen-bond acceptors (Lipinski definition) is 5. The number of methoxy groups -OCH3 is 1. The first-order chi connectivity index (χ1) is 14.7. The number of para-hydroxylation sites is 1. The number of aliphatic imine (C=N–C) groups is 1. The lowest BCUT2D eigenvalue weighted by Gasteiger charge is -2.25. The van der Waals surface area contributed by atoms with Crippen LogP contribution in [0.25, 0.3) is 0 Å². The Hall–Kier alpha value is -1.83. The number of nitrogens with one attached hydrogen (secondary N) is 2. The van der Waals surface area contributed by atoms with E-state index >= 15 is 0 Å². The molecule has 1 unspecified atom stereocenters. The fourth-order valence-corrected chi connectivity index (χ4v) is 3.55. The molecule has 0 bridgehead atoms. The van der Waals surface area contributed by atoms with Crippen LogP contribution in [0.5, 0.6) is 5.75 Å². The van der Waals surface area contributed by atoms with Crippen molar-refractivity contribution in [2.75, 3.05) is 67.3 Å². The van der Waals surface area contributed by atoms with Gasteiger partial charge in [0.1, 0.15) is 5.75 Å². The summed E-state index contributed by atoms with van der Waals surface area (Å²) in [6, 6.07) is 8.28. The minimum atomic E-state index is 0.138. The fourth-order valence-electron chi connectivity index (χ4n) is 3.55. The van der Waals surface area contributed by atoms with Crippen molar-refractivity contribution in [3.05, 3.63) is 29.8 Å². The van der Waals surface area contributed by atoms with E-state index in [9.17, 15) is 0 Å². The van der Waals surface area contributed by atoms with Crippen molar-refractivity contribution in [2.45, 2.75) is 32.2 Å². The third-order valence-corrected chi connectivity index (χ3v) is 5.34. The summed E-state index contributed by atoms with van der Waals surface area (Å²) in [5.74, 6) is 2.39. The standard InChI is InChI=1S/C23H40N4O3/c1-5-24-23(25-13-8-14-30-18-19-11-15-29-16-12-19)26-17-21(27(2)3)20-9-6-7-10-22(20)28-4/h6-7,9-10,19,21H,5,8,11-18H2,1-4H3,(H2,24,25,26). The smallest absolute Gasteiger partial charge is 0.191 e. The Morgan fingerprint density at radius 3 is 2.70 bits per heavy atom. The van der Waals surface area contributed by atoms with Crippen LogP contribution in [0.15, 0.2) is 29.3 Å². The molecule has 1 aliphatic rings. The van der Waals surface area contributed by atoms with Crippen molar-refractivity contribution in [3.8, 4) is 5.75 Å². The number of rotatable bonds is 12. The zero-order valence-electron chi connectivity index (χ0n) is 19.2. The number of benzene rings is 1. The molecule has 1 aromatic carbocycles. The van der Waals surface area contributed by atoms with Gasteiger partial charge in [-0.2, -0.15) is 0 Å². The number of ether oxygens (including phenoxy) is 3. The molecule has 0 radical (unpaired) electrons. The molecule has 0 saturated carbocycles. The number of likely N-dealkylation sites (N-methyl/N-ethyl adjacent to an activating group) is 1. The van der Waals surface area contributed by atoms with Gasteiger partial charge in [-0.1, -0.05) is 18.2 Å². The average molecular weight is 421 g/mol. The van der Waals surface area contributed by atoms with Crippen LogP contribution in [-0.2, 0) is 9.47 Å². The Bertz CT molecular complexity index is 618. The van der Waals surface area contributed by atoms with Crippen LogP contribution in [0.1, 0.15) is 37.8 Å². The first-order valence-electron chi connectivity index (χ1n) is 11.1. The molecule has 30 heavy (non-hydrogen) atoms. The van der Waals surface area contributed by atoms with Crippen molar-refractivity contribution in [1.82, 2.24) is 15.5 Å². The molecule has 1 aliphatic heterocycles. The Labute approximate surface area is 182 Å². The highest BCUT2D eigenvalue weighted by atomic mass is 16.5. The zero-order valence-corrected chi connectivity index (χ0v) is 19.2. The predicted molar refractivity (Wildman–Crippen MR) is 122 cm³/mol. The first kappa shape index (κ1) is 24.4. The number of hydrogen-bond donors (Lipinski definition) is 2. The van der Waals surface area contributed by atoms with Gasteiger partial charge in [0, 0.05) is 45.1 Å². The van der Waals surface area contributed by atoms with Crippen LogP contribution >= 0.6 is 0 Å². The van der Waals surface area contributed by atoms with E-state index < -0.39 is 0 Å². The lowest BCUT2D eigenvalue weighted by molar-refractivity contribution is 0.0203. The molecule has 1 atom stereocenters. The van der Waals surface area contributed by atoms with E-state index in [1.807, 2.05) is 18.2 Å². The van der Waals surface area contributed by atoms with Crippen LogP contribution in [0.2, 0.25) is 0 Å². The van der Waals surface area contributed by atoms with Gasteiger partial charge in [0.2, 0.25) is 0 Å². The summed E-state index contributed by atoms with van der Waals surface area (Å²) < 4.78 is 16.8. The van der Waals surface area contributed by atoms with Crippen molar-refractivity contribution < 1.29 is 14.2 Å². The molecule has 0 amide bonds. The van der Waals surface area contributed by atoms with Gasteiger partial charge < -0.3 is 29.7 Å². The SMILES string of the molecule is CCNC(=NCC(c1ccccc1OC)N(C)C)NCCCOCC1CCOCC1. The minimum Gasteiger partial charge on any atom is -0.496 e. The van der Waals surface area contributed by atoms with Crippen molar-refractivity contribution in [3.63, 3.8) is 0 Å². The minimum absolute atomic E-state index is 0.138. The summed E-state index contributed by atoms with van der Waals surface area (Å²) in [5.41, 5.74) is 1.14. The van der Waals surface area contributed by atoms with Crippen LogP contribution in [0.4, 0.5) is 0 Å². The van der Waals surface area contributed by atoms with Crippen LogP contribution in [0, 0.1) is 5.92 Å². The number of nitrogens with zero attached hydrogens (tertiary/aromatic N) is 2. The predicted octanol–water partition coefficient (Wildman–Crippen LogP) is 2.69. The van der Waals surface area contributed by atoms with Crippen molar-refractivity contribution in [2.24, 2.45) is 10.9 Å². The molecule has 1 heterocycles. The van der Waals surface area contributed by atoms with E-state index in [0.717, 1.165) is 76.1 Å². The molecule has 1 fully saturated rings. The summed E-state index contributed by atoms with van der Waals surface area (Å²) in [7, 11) is 5.86. The second-order valence-corrected chi connectivity index (χ2v) is 7.85. The maximum Gasteiger partial charge on any atom is 0.191 e. The van der Waals surface area contributed by atoms with Gasteiger partial charge in [0.25, 0.3) is 0 Å². The van der Waals surface area contributed by atoms with E-state index in [4.69, 9.17) is 19.2 Å². The molecule has 2 N–H and O–H groups in total. The molecule has 170 valence electrons. The lowest BCUT2D eigenvalue weighted by atomic mass is 10.0. The van der Waals surface area contributed by atoms with Gasteiger partial charge in [-0.15, -0.1) is 0 Å². The molecule has 0 aromatic heterocycles. The topological polar surface area (TPSA) is 67.4 Å². The molecule has 1 aromatic rings. The lowest BCUT2D eigenvalue weighted by Crippen LogP contribution is -2.39. The van der Waals surface area contributed by atoms with E-state index in [-0.39, 0.29) is 6.04 Å². The van der Waals surface area contributed by atoms with Gasteiger partial charge in [0.05, 0.1) is 19.7 Å². The summed E-state index contributed by atoms with van der Waals surface area (Å²) in [4.78, 5) is 7.00. The third-order valence-electron chi connectivity index (χ3n) is 5.34.